The van der Waals surface area contributed by atoms with Gasteiger partial charge in [0.05, 0.1) is 13.8 Å². The van der Waals surface area contributed by atoms with Gasteiger partial charge in [0, 0.05) is 12.1 Å². The molecular weight excluding hydrogens is 202 g/mol. The lowest BCUT2D eigenvalue weighted by molar-refractivity contribution is 0.407. The number of hydrogen-bond donors (Lipinski definition) is 3. The highest BCUT2D eigenvalue weighted by molar-refractivity contribution is 5.38. The van der Waals surface area contributed by atoms with Gasteiger partial charge in [-0.25, -0.2) is 5.43 Å². The summed E-state index contributed by atoms with van der Waals surface area (Å²) < 4.78 is 5.32. The molecule has 0 aliphatic carbocycles. The lowest BCUT2D eigenvalue weighted by Crippen LogP contribution is -2.33. The van der Waals surface area contributed by atoms with Crippen LogP contribution in [0.5, 0.6) is 5.75 Å². The highest BCUT2D eigenvalue weighted by atomic mass is 16.5. The molecule has 0 bridgehead atoms. The van der Waals surface area contributed by atoms with E-state index in [1.54, 1.807) is 7.11 Å². The fraction of sp³-hybridized carbons (Fsp3) is 0.500. The summed E-state index contributed by atoms with van der Waals surface area (Å²) in [5.74, 6) is 6.63. The number of methoxy groups -OCH3 is 1. The van der Waals surface area contributed by atoms with Crippen LogP contribution in [0.4, 0.5) is 0 Å². The Hall–Kier alpha value is -1.10. The van der Waals surface area contributed by atoms with Crippen LogP contribution < -0.4 is 21.3 Å². The molecule has 1 aromatic carbocycles. The number of nitrogens with one attached hydrogen (secondary N) is 2. The van der Waals surface area contributed by atoms with Gasteiger partial charge in [-0.05, 0) is 17.5 Å². The van der Waals surface area contributed by atoms with E-state index in [4.69, 9.17) is 10.6 Å². The van der Waals surface area contributed by atoms with E-state index in [9.17, 15) is 0 Å². The van der Waals surface area contributed by atoms with E-state index >= 15 is 0 Å². The summed E-state index contributed by atoms with van der Waals surface area (Å²) in [6, 6.07) is 6.30. The molecule has 16 heavy (non-hydrogen) atoms. The molecule has 0 aromatic heterocycles. The molecule has 0 aliphatic heterocycles. The molecule has 0 atom stereocenters. The Morgan fingerprint density at radius 2 is 2.12 bits per heavy atom. The van der Waals surface area contributed by atoms with E-state index in [2.05, 4.69) is 36.7 Å². The Morgan fingerprint density at radius 3 is 2.69 bits per heavy atom. The van der Waals surface area contributed by atoms with Gasteiger partial charge in [-0.2, -0.15) is 0 Å². The minimum atomic E-state index is 0.525. The minimum Gasteiger partial charge on any atom is -0.496 e. The monoisotopic (exact) mass is 223 g/mol. The fourth-order valence-corrected chi connectivity index (χ4v) is 1.57. The zero-order valence-corrected chi connectivity index (χ0v) is 10.2. The molecule has 4 heteroatoms. The minimum absolute atomic E-state index is 0.525. The number of hydrazine groups is 1. The fourth-order valence-electron chi connectivity index (χ4n) is 1.57. The molecule has 4 N–H and O–H groups in total. The summed E-state index contributed by atoms with van der Waals surface area (Å²) in [6.45, 7) is 5.68. The molecule has 4 nitrogen and oxygen atoms in total. The van der Waals surface area contributed by atoms with Crippen LogP contribution in [-0.4, -0.2) is 13.8 Å². The third kappa shape index (κ3) is 3.48. The lowest BCUT2D eigenvalue weighted by atomic mass is 10.0. The number of rotatable bonds is 6. The molecule has 90 valence electrons. The second-order valence-corrected chi connectivity index (χ2v) is 4.03. The second-order valence-electron chi connectivity index (χ2n) is 4.03. The Labute approximate surface area is 97.1 Å². The largest absolute Gasteiger partial charge is 0.496 e. The van der Waals surface area contributed by atoms with Gasteiger partial charge in [0.25, 0.3) is 0 Å². The molecule has 1 aromatic rings. The first kappa shape index (κ1) is 13.0. The third-order valence-corrected chi connectivity index (χ3v) is 2.51. The number of hydrogen-bond acceptors (Lipinski definition) is 4. The Morgan fingerprint density at radius 1 is 1.38 bits per heavy atom. The third-order valence-electron chi connectivity index (χ3n) is 2.51. The normalized spacial score (nSPS) is 10.8. The number of nitrogens with two attached hydrogens (primary N) is 1. The van der Waals surface area contributed by atoms with Crippen molar-refractivity contribution < 1.29 is 4.74 Å². The van der Waals surface area contributed by atoms with Crippen LogP contribution in [-0.2, 0) is 6.54 Å². The summed E-state index contributed by atoms with van der Waals surface area (Å²) >= 11 is 0. The molecule has 0 fully saturated rings. The van der Waals surface area contributed by atoms with Gasteiger partial charge in [-0.1, -0.05) is 26.0 Å². The van der Waals surface area contributed by atoms with Crippen molar-refractivity contribution in [2.75, 3.05) is 13.8 Å². The SMILES string of the molecule is COc1ccc(C(C)C)cc1CNCNN. The zero-order chi connectivity index (χ0) is 12.0. The highest BCUT2D eigenvalue weighted by Gasteiger charge is 2.06. The molecule has 0 saturated heterocycles. The zero-order valence-electron chi connectivity index (χ0n) is 10.2. The summed E-state index contributed by atoms with van der Waals surface area (Å²) in [6.07, 6.45) is 0. The summed E-state index contributed by atoms with van der Waals surface area (Å²) in [7, 11) is 1.69. The van der Waals surface area contributed by atoms with Crippen molar-refractivity contribution in [2.24, 2.45) is 5.84 Å². The van der Waals surface area contributed by atoms with Gasteiger partial charge in [-0.15, -0.1) is 0 Å². The number of ether oxygens (including phenoxy) is 1. The second kappa shape index (κ2) is 6.48. The van der Waals surface area contributed by atoms with Crippen LogP contribution in [0.15, 0.2) is 18.2 Å². The Balaban J connectivity index is 2.80. The maximum Gasteiger partial charge on any atom is 0.123 e. The Kier molecular flexibility index (Phi) is 5.25. The van der Waals surface area contributed by atoms with Crippen molar-refractivity contribution in [1.82, 2.24) is 10.7 Å². The molecule has 0 amide bonds. The van der Waals surface area contributed by atoms with Crippen molar-refractivity contribution in [1.29, 1.82) is 0 Å². The predicted octanol–water partition coefficient (Wildman–Crippen LogP) is 1.33. The van der Waals surface area contributed by atoms with E-state index < -0.39 is 0 Å². The van der Waals surface area contributed by atoms with Crippen molar-refractivity contribution >= 4 is 0 Å². The molecule has 0 spiro atoms. The Bertz CT molecular complexity index is 326. The average molecular weight is 223 g/mol. The number of benzene rings is 1. The van der Waals surface area contributed by atoms with Gasteiger partial charge in [0.2, 0.25) is 0 Å². The molecule has 0 unspecified atom stereocenters. The van der Waals surface area contributed by atoms with Gasteiger partial charge in [-0.3, -0.25) is 11.2 Å². The average Bonchev–Trinajstić information content (AvgIpc) is 2.29. The molecule has 0 heterocycles. The quantitative estimate of drug-likeness (QED) is 0.295. The summed E-state index contributed by atoms with van der Waals surface area (Å²) in [5.41, 5.74) is 5.04. The van der Waals surface area contributed by atoms with Crippen LogP contribution in [0, 0.1) is 0 Å². The van der Waals surface area contributed by atoms with E-state index in [-0.39, 0.29) is 0 Å². The van der Waals surface area contributed by atoms with Gasteiger partial charge in [0.1, 0.15) is 5.75 Å². The highest BCUT2D eigenvalue weighted by Crippen LogP contribution is 2.23. The van der Waals surface area contributed by atoms with Crippen molar-refractivity contribution in [3.8, 4) is 5.75 Å². The predicted molar refractivity (Wildman–Crippen MR) is 66.1 cm³/mol. The molecular formula is C12H21N3O. The van der Waals surface area contributed by atoms with E-state index in [0.29, 0.717) is 12.6 Å². The smallest absolute Gasteiger partial charge is 0.123 e. The summed E-state index contributed by atoms with van der Waals surface area (Å²) in [4.78, 5) is 0. The molecule has 0 aliphatic rings. The standard InChI is InChI=1S/C12H21N3O/c1-9(2)10-4-5-12(16-3)11(6-10)7-14-8-15-13/h4-6,9,14-15H,7-8,13H2,1-3H3. The first-order chi connectivity index (χ1) is 7.69. The van der Waals surface area contributed by atoms with E-state index in [1.807, 2.05) is 6.07 Å². The van der Waals surface area contributed by atoms with Crippen molar-refractivity contribution in [3.63, 3.8) is 0 Å². The maximum absolute atomic E-state index is 5.32. The van der Waals surface area contributed by atoms with Crippen molar-refractivity contribution in [2.45, 2.75) is 26.3 Å². The molecule has 0 saturated carbocycles. The maximum atomic E-state index is 5.32. The van der Waals surface area contributed by atoms with Crippen LogP contribution in [0.3, 0.4) is 0 Å². The van der Waals surface area contributed by atoms with Crippen LogP contribution in [0.2, 0.25) is 0 Å². The first-order valence-corrected chi connectivity index (χ1v) is 5.50. The van der Waals surface area contributed by atoms with Gasteiger partial charge < -0.3 is 4.74 Å². The van der Waals surface area contributed by atoms with Gasteiger partial charge >= 0.3 is 0 Å². The van der Waals surface area contributed by atoms with Crippen LogP contribution in [0.1, 0.15) is 30.9 Å². The summed E-state index contributed by atoms with van der Waals surface area (Å²) in [5, 5.41) is 3.18. The lowest BCUT2D eigenvalue weighted by Gasteiger charge is -2.13. The topological polar surface area (TPSA) is 59.3 Å². The van der Waals surface area contributed by atoms with Crippen LogP contribution in [0.25, 0.3) is 0 Å². The van der Waals surface area contributed by atoms with E-state index in [1.165, 1.54) is 5.56 Å². The van der Waals surface area contributed by atoms with Gasteiger partial charge in [0.15, 0.2) is 0 Å². The molecule has 0 radical (unpaired) electrons. The van der Waals surface area contributed by atoms with Crippen molar-refractivity contribution in [3.05, 3.63) is 29.3 Å². The van der Waals surface area contributed by atoms with Crippen LogP contribution >= 0.6 is 0 Å². The first-order valence-electron chi connectivity index (χ1n) is 5.50. The molecule has 1 rings (SSSR count). The van der Waals surface area contributed by atoms with E-state index in [0.717, 1.165) is 17.9 Å².